The largest absolute Gasteiger partial charge is 0.135 e. The molecule has 1 aliphatic carbocycles. The maximum atomic E-state index is 2.52. The maximum absolute atomic E-state index is 2.52. The number of fused-ring (bicyclic) bond motifs is 11. The standard InChI is InChI=1S/C63H38S2/c1-3-18-39(19-4-1)63(40-20-5-2-6-21-40)55-34-10-7-24-51(55)60-52(33-17-35-56(60)63)59-45-27-13-25-41(47-29-15-31-49-43-22-8-11-36-57(43)64-61(47)49)53(45)38-54-42(26-14-28-46(54)59)48-30-16-32-50-44-23-9-12-37-58(44)65-62(48)50/h1-38H. The van der Waals surface area contributed by atoms with E-state index in [9.17, 15) is 0 Å². The first-order chi connectivity index (χ1) is 32.3. The summed E-state index contributed by atoms with van der Waals surface area (Å²) in [5.41, 5.74) is 14.9. The van der Waals surface area contributed by atoms with Crippen molar-refractivity contribution in [1.29, 1.82) is 0 Å². The van der Waals surface area contributed by atoms with E-state index in [1.54, 1.807) is 0 Å². The van der Waals surface area contributed by atoms with Crippen LogP contribution >= 0.6 is 22.7 Å². The molecular weight excluding hydrogens is 821 g/mol. The third-order valence-corrected chi connectivity index (χ3v) is 16.6. The molecular formula is C63H38S2. The van der Waals surface area contributed by atoms with Crippen LogP contribution in [0, 0.1) is 0 Å². The summed E-state index contributed by atoms with van der Waals surface area (Å²) < 4.78 is 5.30. The highest BCUT2D eigenvalue weighted by atomic mass is 32.1. The molecule has 0 saturated heterocycles. The molecule has 2 aromatic heterocycles. The second-order valence-corrected chi connectivity index (χ2v) is 19.5. The van der Waals surface area contributed by atoms with Crippen LogP contribution < -0.4 is 0 Å². The summed E-state index contributed by atoms with van der Waals surface area (Å²) >= 11 is 3.81. The van der Waals surface area contributed by atoms with Gasteiger partial charge in [0, 0.05) is 51.5 Å². The molecule has 13 aromatic rings. The van der Waals surface area contributed by atoms with Crippen molar-refractivity contribution in [3.05, 3.63) is 253 Å². The van der Waals surface area contributed by atoms with Gasteiger partial charge >= 0.3 is 0 Å². The van der Waals surface area contributed by atoms with Crippen LogP contribution in [0.15, 0.2) is 231 Å². The molecule has 0 atom stereocenters. The molecule has 0 N–H and O–H groups in total. The first-order valence-corrected chi connectivity index (χ1v) is 24.1. The first kappa shape index (κ1) is 36.8. The Hall–Kier alpha value is -7.62. The van der Waals surface area contributed by atoms with Crippen molar-refractivity contribution in [3.63, 3.8) is 0 Å². The fraction of sp³-hybridized carbons (Fsp3) is 0.0159. The zero-order valence-electron chi connectivity index (χ0n) is 35.3. The fourth-order valence-electron chi connectivity index (χ4n) is 11.5. The molecule has 0 fully saturated rings. The average Bonchev–Trinajstić information content (AvgIpc) is 4.05. The molecule has 2 heterocycles. The number of hydrogen-bond donors (Lipinski definition) is 0. The Morgan fingerprint density at radius 1 is 0.246 bits per heavy atom. The second-order valence-electron chi connectivity index (χ2n) is 17.4. The van der Waals surface area contributed by atoms with Crippen molar-refractivity contribution >= 4 is 84.6 Å². The van der Waals surface area contributed by atoms with Gasteiger partial charge in [0.2, 0.25) is 0 Å². The molecule has 0 saturated carbocycles. The van der Waals surface area contributed by atoms with Crippen molar-refractivity contribution in [2.24, 2.45) is 0 Å². The zero-order valence-corrected chi connectivity index (χ0v) is 36.9. The van der Waals surface area contributed by atoms with Crippen molar-refractivity contribution < 1.29 is 0 Å². The van der Waals surface area contributed by atoms with Gasteiger partial charge in [0.15, 0.2) is 0 Å². The minimum Gasteiger partial charge on any atom is -0.135 e. The van der Waals surface area contributed by atoms with E-state index >= 15 is 0 Å². The Morgan fingerprint density at radius 3 is 1.22 bits per heavy atom. The predicted molar refractivity (Wildman–Crippen MR) is 281 cm³/mol. The Morgan fingerprint density at radius 2 is 0.646 bits per heavy atom. The molecule has 0 aliphatic heterocycles. The van der Waals surface area contributed by atoms with E-state index in [0.717, 1.165) is 0 Å². The van der Waals surface area contributed by atoms with Gasteiger partial charge in [-0.05, 0) is 95.4 Å². The lowest BCUT2D eigenvalue weighted by Gasteiger charge is -2.34. The van der Waals surface area contributed by atoms with Crippen molar-refractivity contribution in [1.82, 2.24) is 0 Å². The van der Waals surface area contributed by atoms with Crippen LogP contribution in [0.3, 0.4) is 0 Å². The van der Waals surface area contributed by atoms with Gasteiger partial charge in [0.1, 0.15) is 0 Å². The zero-order chi connectivity index (χ0) is 42.6. The lowest BCUT2D eigenvalue weighted by Crippen LogP contribution is -2.28. The summed E-state index contributed by atoms with van der Waals surface area (Å²) in [5, 5.41) is 10.3. The number of rotatable bonds is 5. The molecule has 0 amide bonds. The van der Waals surface area contributed by atoms with E-state index < -0.39 is 5.41 Å². The van der Waals surface area contributed by atoms with Crippen LogP contribution in [0.25, 0.3) is 106 Å². The molecule has 0 bridgehead atoms. The highest BCUT2D eigenvalue weighted by Crippen LogP contribution is 2.59. The summed E-state index contributed by atoms with van der Waals surface area (Å²) in [7, 11) is 0. The molecule has 2 heteroatoms. The van der Waals surface area contributed by atoms with Gasteiger partial charge in [-0.25, -0.2) is 0 Å². The Kier molecular flexibility index (Phi) is 8.04. The van der Waals surface area contributed by atoms with Crippen molar-refractivity contribution in [3.8, 4) is 44.5 Å². The molecule has 302 valence electrons. The minimum absolute atomic E-state index is 0.505. The predicted octanol–water partition coefficient (Wildman–Crippen LogP) is 18.1. The van der Waals surface area contributed by atoms with Gasteiger partial charge in [-0.3, -0.25) is 0 Å². The molecule has 1 aliphatic rings. The quantitative estimate of drug-likeness (QED) is 0.151. The molecule has 0 spiro atoms. The first-order valence-electron chi connectivity index (χ1n) is 22.4. The lowest BCUT2D eigenvalue weighted by molar-refractivity contribution is 0.768. The minimum atomic E-state index is -0.505. The second kappa shape index (κ2) is 14.2. The fourth-order valence-corrected chi connectivity index (χ4v) is 14.0. The summed E-state index contributed by atoms with van der Waals surface area (Å²) in [6.07, 6.45) is 0. The summed E-state index contributed by atoms with van der Waals surface area (Å²) in [4.78, 5) is 0. The van der Waals surface area contributed by atoms with Gasteiger partial charge in [0.05, 0.1) is 5.41 Å². The van der Waals surface area contributed by atoms with Gasteiger partial charge in [-0.2, -0.15) is 0 Å². The summed E-state index contributed by atoms with van der Waals surface area (Å²) in [6.45, 7) is 0. The third kappa shape index (κ3) is 5.18. The molecule has 0 unspecified atom stereocenters. The third-order valence-electron chi connectivity index (χ3n) is 14.2. The Labute approximate surface area is 385 Å². The maximum Gasteiger partial charge on any atom is 0.0713 e. The number of hydrogen-bond acceptors (Lipinski definition) is 2. The number of benzene rings is 11. The van der Waals surface area contributed by atoms with Gasteiger partial charge in [0.25, 0.3) is 0 Å². The van der Waals surface area contributed by atoms with E-state index in [1.165, 1.54) is 129 Å². The van der Waals surface area contributed by atoms with Crippen LogP contribution in [0.2, 0.25) is 0 Å². The topological polar surface area (TPSA) is 0 Å². The van der Waals surface area contributed by atoms with Crippen LogP contribution in [-0.4, -0.2) is 0 Å². The van der Waals surface area contributed by atoms with Crippen LogP contribution in [0.1, 0.15) is 22.3 Å². The van der Waals surface area contributed by atoms with Gasteiger partial charge in [-0.1, -0.05) is 212 Å². The SMILES string of the molecule is c1ccc(C2(c3ccccc3)c3ccccc3-c3c(-c4c5cccc(-c6cccc7c6sc6ccccc67)c5cc5c(-c6cccc7c6sc6ccccc67)cccc45)cccc32)cc1. The Bertz CT molecular complexity index is 3850. The number of thiophene rings is 2. The molecule has 65 heavy (non-hydrogen) atoms. The van der Waals surface area contributed by atoms with Crippen molar-refractivity contribution in [2.45, 2.75) is 5.41 Å². The van der Waals surface area contributed by atoms with Gasteiger partial charge in [-0.15, -0.1) is 22.7 Å². The highest BCUT2D eigenvalue weighted by Gasteiger charge is 2.47. The monoisotopic (exact) mass is 858 g/mol. The van der Waals surface area contributed by atoms with Gasteiger partial charge < -0.3 is 0 Å². The van der Waals surface area contributed by atoms with E-state index in [-0.39, 0.29) is 0 Å². The van der Waals surface area contributed by atoms with Crippen LogP contribution in [0.5, 0.6) is 0 Å². The summed E-state index contributed by atoms with van der Waals surface area (Å²) in [5.74, 6) is 0. The van der Waals surface area contributed by atoms with E-state index in [0.29, 0.717) is 0 Å². The van der Waals surface area contributed by atoms with Crippen LogP contribution in [0.4, 0.5) is 0 Å². The Balaban J connectivity index is 1.14. The molecule has 11 aromatic carbocycles. The molecule has 0 radical (unpaired) electrons. The van der Waals surface area contributed by atoms with E-state index in [2.05, 4.69) is 231 Å². The van der Waals surface area contributed by atoms with Crippen LogP contribution in [-0.2, 0) is 5.41 Å². The normalized spacial score (nSPS) is 13.0. The smallest absolute Gasteiger partial charge is 0.0713 e. The van der Waals surface area contributed by atoms with E-state index in [4.69, 9.17) is 0 Å². The summed E-state index contributed by atoms with van der Waals surface area (Å²) in [6, 6.07) is 86.6. The average molecular weight is 859 g/mol. The molecule has 14 rings (SSSR count). The van der Waals surface area contributed by atoms with E-state index in [1.807, 2.05) is 22.7 Å². The lowest BCUT2D eigenvalue weighted by atomic mass is 9.67. The highest BCUT2D eigenvalue weighted by molar-refractivity contribution is 7.26. The van der Waals surface area contributed by atoms with Crippen molar-refractivity contribution in [2.75, 3.05) is 0 Å². The molecule has 0 nitrogen and oxygen atoms in total.